The predicted molar refractivity (Wildman–Crippen MR) is 132 cm³/mol. The maximum absolute atomic E-state index is 13.8. The Morgan fingerprint density at radius 2 is 1.59 bits per heavy atom. The first-order chi connectivity index (χ1) is 16.5. The number of rotatable bonds is 3. The van der Waals surface area contributed by atoms with Crippen LogP contribution in [0.2, 0.25) is 5.02 Å². The van der Waals surface area contributed by atoms with Crippen LogP contribution < -0.4 is 15.1 Å². The van der Waals surface area contributed by atoms with Crippen LogP contribution in [-0.4, -0.2) is 29.8 Å². The first kappa shape index (κ1) is 20.7. The van der Waals surface area contributed by atoms with Gasteiger partial charge in [0.1, 0.15) is 6.04 Å². The minimum absolute atomic E-state index is 0.314. The highest BCUT2D eigenvalue weighted by atomic mass is 35.5. The van der Waals surface area contributed by atoms with E-state index < -0.39 is 23.9 Å². The number of hydrogen-bond acceptors (Lipinski definition) is 4. The number of nitrogens with zero attached hydrogens (tertiary/aromatic N) is 2. The van der Waals surface area contributed by atoms with Gasteiger partial charge in [0.05, 0.1) is 23.6 Å². The minimum Gasteiger partial charge on any atom is -0.351 e. The van der Waals surface area contributed by atoms with Crippen LogP contribution in [0.25, 0.3) is 6.08 Å². The fourth-order valence-corrected chi connectivity index (χ4v) is 5.61. The lowest BCUT2D eigenvalue weighted by Crippen LogP contribution is -2.50. The average molecular weight is 470 g/mol. The molecule has 2 fully saturated rings. The van der Waals surface area contributed by atoms with Crippen molar-refractivity contribution in [3.05, 3.63) is 95.5 Å². The zero-order valence-corrected chi connectivity index (χ0v) is 18.7. The molecule has 0 aliphatic carbocycles. The van der Waals surface area contributed by atoms with Gasteiger partial charge in [-0.1, -0.05) is 66.2 Å². The van der Waals surface area contributed by atoms with E-state index in [4.69, 9.17) is 11.6 Å². The second-order valence-electron chi connectivity index (χ2n) is 8.66. The van der Waals surface area contributed by atoms with Gasteiger partial charge in [-0.3, -0.25) is 14.4 Å². The van der Waals surface area contributed by atoms with E-state index in [1.165, 1.54) is 4.90 Å². The third-order valence-electron chi connectivity index (χ3n) is 6.79. The van der Waals surface area contributed by atoms with E-state index in [9.17, 15) is 14.4 Å². The van der Waals surface area contributed by atoms with Gasteiger partial charge in [-0.25, -0.2) is 4.90 Å². The number of hydrogen-bond donors (Lipinski definition) is 1. The quantitative estimate of drug-likeness (QED) is 0.578. The van der Waals surface area contributed by atoms with Crippen molar-refractivity contribution in [3.63, 3.8) is 0 Å². The van der Waals surface area contributed by atoms with Crippen LogP contribution in [0.15, 0.2) is 84.9 Å². The first-order valence-electron chi connectivity index (χ1n) is 11.1. The zero-order chi connectivity index (χ0) is 23.4. The number of benzene rings is 3. The van der Waals surface area contributed by atoms with Gasteiger partial charge in [-0.05, 0) is 42.0 Å². The summed E-state index contributed by atoms with van der Waals surface area (Å²) in [5.41, 5.74) is 2.85. The molecule has 0 radical (unpaired) electrons. The highest BCUT2D eigenvalue weighted by Gasteiger charge is 2.64. The Kier molecular flexibility index (Phi) is 4.78. The number of anilines is 3. The minimum atomic E-state index is -0.845. The first-order valence-corrected chi connectivity index (χ1v) is 11.5. The summed E-state index contributed by atoms with van der Waals surface area (Å²) in [4.78, 5) is 44.3. The molecule has 3 aromatic rings. The fraction of sp³-hybridized carbons (Fsp3) is 0.148. The van der Waals surface area contributed by atoms with Crippen molar-refractivity contribution in [3.8, 4) is 0 Å². The van der Waals surface area contributed by atoms with E-state index in [0.29, 0.717) is 16.4 Å². The van der Waals surface area contributed by atoms with Gasteiger partial charge in [0.2, 0.25) is 17.7 Å². The lowest BCUT2D eigenvalue weighted by atomic mass is 9.88. The number of imide groups is 1. The number of nitrogens with one attached hydrogen (secondary N) is 1. The molecule has 3 aliphatic rings. The number of fused-ring (bicyclic) bond motifs is 5. The lowest BCUT2D eigenvalue weighted by Gasteiger charge is -2.36. The molecule has 3 aromatic carbocycles. The molecule has 0 spiro atoms. The summed E-state index contributed by atoms with van der Waals surface area (Å²) < 4.78 is 0. The molecule has 7 heteroatoms. The Bertz CT molecular complexity index is 1360. The SMILES string of the molecule is O=C(Nc1ccccc1)[C@@H]1[C@@H]2C(=O)N(c3cccc(Cl)c3)C(=O)[C@@H]2[C@H]2C=Cc3ccccc3N21. The van der Waals surface area contributed by atoms with Gasteiger partial charge >= 0.3 is 0 Å². The monoisotopic (exact) mass is 469 g/mol. The van der Waals surface area contributed by atoms with E-state index >= 15 is 0 Å². The van der Waals surface area contributed by atoms with Gasteiger partial charge in [-0.15, -0.1) is 0 Å². The smallest absolute Gasteiger partial charge is 0.247 e. The number of halogens is 1. The molecule has 3 aliphatic heterocycles. The highest BCUT2D eigenvalue weighted by molar-refractivity contribution is 6.31. The van der Waals surface area contributed by atoms with Crippen molar-refractivity contribution in [1.82, 2.24) is 0 Å². The number of carbonyl (C=O) groups is 3. The van der Waals surface area contributed by atoms with Gasteiger partial charge in [0.25, 0.3) is 0 Å². The molecule has 2 saturated heterocycles. The molecular formula is C27H20ClN3O3. The summed E-state index contributed by atoms with van der Waals surface area (Å²) in [6, 6.07) is 22.3. The topological polar surface area (TPSA) is 69.7 Å². The van der Waals surface area contributed by atoms with Crippen molar-refractivity contribution in [2.24, 2.45) is 11.8 Å². The molecule has 168 valence electrons. The summed E-state index contributed by atoms with van der Waals surface area (Å²) in [6.45, 7) is 0. The Morgan fingerprint density at radius 1 is 0.853 bits per heavy atom. The van der Waals surface area contributed by atoms with Crippen molar-refractivity contribution in [1.29, 1.82) is 0 Å². The molecule has 0 bridgehead atoms. The molecule has 0 aromatic heterocycles. The maximum Gasteiger partial charge on any atom is 0.247 e. The molecule has 34 heavy (non-hydrogen) atoms. The molecule has 6 rings (SSSR count). The van der Waals surface area contributed by atoms with Crippen molar-refractivity contribution >= 4 is 52.5 Å². The largest absolute Gasteiger partial charge is 0.351 e. The van der Waals surface area contributed by atoms with E-state index in [0.717, 1.165) is 11.3 Å². The second-order valence-corrected chi connectivity index (χ2v) is 9.10. The predicted octanol–water partition coefficient (Wildman–Crippen LogP) is 4.37. The van der Waals surface area contributed by atoms with Crippen LogP contribution in [0.3, 0.4) is 0 Å². The molecular weight excluding hydrogens is 450 g/mol. The molecule has 6 nitrogen and oxygen atoms in total. The van der Waals surface area contributed by atoms with Crippen LogP contribution in [0.1, 0.15) is 5.56 Å². The van der Waals surface area contributed by atoms with E-state index in [1.807, 2.05) is 59.5 Å². The summed E-state index contributed by atoms with van der Waals surface area (Å²) in [7, 11) is 0. The van der Waals surface area contributed by atoms with Gasteiger partial charge in [0.15, 0.2) is 0 Å². The van der Waals surface area contributed by atoms with Crippen molar-refractivity contribution < 1.29 is 14.4 Å². The maximum atomic E-state index is 13.8. The van der Waals surface area contributed by atoms with Crippen LogP contribution in [-0.2, 0) is 14.4 Å². The Hall–Kier alpha value is -3.90. The van der Waals surface area contributed by atoms with Crippen molar-refractivity contribution in [2.75, 3.05) is 15.1 Å². The number of amides is 3. The zero-order valence-electron chi connectivity index (χ0n) is 18.0. The average Bonchev–Trinajstić information content (AvgIpc) is 3.32. The third-order valence-corrected chi connectivity index (χ3v) is 7.03. The molecule has 3 heterocycles. The summed E-state index contributed by atoms with van der Waals surface area (Å²) >= 11 is 6.14. The Labute approximate surface area is 201 Å². The lowest BCUT2D eigenvalue weighted by molar-refractivity contribution is -0.126. The second kappa shape index (κ2) is 7.85. The summed E-state index contributed by atoms with van der Waals surface area (Å²) in [5, 5.41) is 3.38. The third kappa shape index (κ3) is 3.06. The molecule has 3 amide bonds. The number of para-hydroxylation sites is 2. The normalized spacial score (nSPS) is 24.6. The summed E-state index contributed by atoms with van der Waals surface area (Å²) in [6.07, 6.45) is 3.90. The van der Waals surface area contributed by atoms with E-state index in [1.54, 1.807) is 36.4 Å². The van der Waals surface area contributed by atoms with Gasteiger partial charge < -0.3 is 10.2 Å². The van der Waals surface area contributed by atoms with Crippen LogP contribution in [0.5, 0.6) is 0 Å². The Balaban J connectivity index is 1.45. The van der Waals surface area contributed by atoms with Gasteiger partial charge in [0, 0.05) is 16.4 Å². The van der Waals surface area contributed by atoms with E-state index in [2.05, 4.69) is 5.32 Å². The molecule has 1 N–H and O–H groups in total. The van der Waals surface area contributed by atoms with Crippen LogP contribution in [0.4, 0.5) is 17.1 Å². The van der Waals surface area contributed by atoms with Crippen LogP contribution in [0, 0.1) is 11.8 Å². The van der Waals surface area contributed by atoms with Crippen LogP contribution >= 0.6 is 11.6 Å². The Morgan fingerprint density at radius 3 is 2.38 bits per heavy atom. The molecule has 0 saturated carbocycles. The van der Waals surface area contributed by atoms with E-state index in [-0.39, 0.29) is 17.7 Å². The highest BCUT2D eigenvalue weighted by Crippen LogP contribution is 2.49. The molecule has 4 atom stereocenters. The van der Waals surface area contributed by atoms with Crippen molar-refractivity contribution in [2.45, 2.75) is 12.1 Å². The van der Waals surface area contributed by atoms with Gasteiger partial charge in [-0.2, -0.15) is 0 Å². The molecule has 0 unspecified atom stereocenters. The number of carbonyl (C=O) groups excluding carboxylic acids is 3. The standard InChI is InChI=1S/C27H20ClN3O3/c28-17-8-6-11-19(15-17)30-26(33)22-21-14-13-16-7-4-5-12-20(16)31(21)24(23(22)27(30)34)25(32)29-18-9-2-1-3-10-18/h1-15,21-24H,(H,29,32)/t21-,22-,23-,24+/m1/s1. The fourth-order valence-electron chi connectivity index (χ4n) is 5.42. The summed E-state index contributed by atoms with van der Waals surface area (Å²) in [5.74, 6) is -2.52.